The first-order valence-corrected chi connectivity index (χ1v) is 13.9. The van der Waals surface area contributed by atoms with Gasteiger partial charge in [0, 0.05) is 6.61 Å². The lowest BCUT2D eigenvalue weighted by atomic mass is 9.60. The predicted molar refractivity (Wildman–Crippen MR) is 132 cm³/mol. The van der Waals surface area contributed by atoms with Crippen LogP contribution in [-0.2, 0) is 9.47 Å². The lowest BCUT2D eigenvalue weighted by Gasteiger charge is -2.48. The summed E-state index contributed by atoms with van der Waals surface area (Å²) in [5.74, 6) is 2.35. The molecule has 0 spiro atoms. The van der Waals surface area contributed by atoms with Gasteiger partial charge in [-0.1, -0.05) is 40.5 Å². The van der Waals surface area contributed by atoms with Crippen molar-refractivity contribution in [3.63, 3.8) is 0 Å². The Morgan fingerprint density at radius 1 is 0.909 bits per heavy atom. The standard InChI is InChI=1S/C28H52O5/c1-7-32-16-28(31)14-17(2)8-13-25(28)21(6)27(30)26(29)20(5)23-11-9-18(3)22-12-10-19(4)33-15-24(22)23/h17-27,29-31H,7-16H2,1-6H3/t17-,18-,19?,20?,21?,22?,23+,24?,25+,26?,27?,28+/m1/s1. The van der Waals surface area contributed by atoms with E-state index in [9.17, 15) is 15.3 Å². The van der Waals surface area contributed by atoms with Crippen molar-refractivity contribution in [1.29, 1.82) is 0 Å². The van der Waals surface area contributed by atoms with Crippen LogP contribution >= 0.6 is 0 Å². The molecule has 1 heterocycles. The van der Waals surface area contributed by atoms with Gasteiger partial charge in [0.15, 0.2) is 0 Å². The second-order valence-electron chi connectivity index (χ2n) is 12.2. The van der Waals surface area contributed by atoms with E-state index in [2.05, 4.69) is 27.7 Å². The molecule has 1 saturated heterocycles. The maximum Gasteiger partial charge on any atom is 0.0914 e. The van der Waals surface area contributed by atoms with Crippen molar-refractivity contribution in [1.82, 2.24) is 0 Å². The molecule has 3 rings (SSSR count). The second kappa shape index (κ2) is 11.7. The molecular formula is C28H52O5. The fourth-order valence-corrected chi connectivity index (χ4v) is 7.71. The molecular weight excluding hydrogens is 416 g/mol. The molecule has 0 bridgehead atoms. The highest BCUT2D eigenvalue weighted by molar-refractivity contribution is 4.99. The SMILES string of the molecule is CCOC[C@@]1(O)C[C@H](C)CC[C@H]1C(C)C(O)C(O)C(C)[C@@H]1CC[C@@H](C)C2CCC(C)OCC21. The summed E-state index contributed by atoms with van der Waals surface area (Å²) >= 11 is 0. The first-order valence-electron chi connectivity index (χ1n) is 13.9. The van der Waals surface area contributed by atoms with Crippen molar-refractivity contribution in [3.05, 3.63) is 0 Å². The van der Waals surface area contributed by atoms with E-state index in [0.717, 1.165) is 32.3 Å². The van der Waals surface area contributed by atoms with Crippen LogP contribution in [0, 0.1) is 47.3 Å². The Balaban J connectivity index is 1.71. The molecule has 0 amide bonds. The van der Waals surface area contributed by atoms with Gasteiger partial charge in [-0.05, 0) is 93.3 Å². The van der Waals surface area contributed by atoms with E-state index in [1.807, 2.05) is 13.8 Å². The van der Waals surface area contributed by atoms with E-state index in [1.165, 1.54) is 12.8 Å². The topological polar surface area (TPSA) is 79.2 Å². The number of hydrogen-bond acceptors (Lipinski definition) is 5. The molecule has 3 N–H and O–H groups in total. The lowest BCUT2D eigenvalue weighted by Crippen LogP contribution is -2.54. The third kappa shape index (κ3) is 6.14. The van der Waals surface area contributed by atoms with Crippen LogP contribution in [0.15, 0.2) is 0 Å². The van der Waals surface area contributed by atoms with Crippen molar-refractivity contribution in [3.8, 4) is 0 Å². The lowest BCUT2D eigenvalue weighted by molar-refractivity contribution is -0.157. The van der Waals surface area contributed by atoms with E-state index in [0.29, 0.717) is 55.3 Å². The van der Waals surface area contributed by atoms with Gasteiger partial charge in [0.2, 0.25) is 0 Å². The van der Waals surface area contributed by atoms with Gasteiger partial charge in [-0.3, -0.25) is 0 Å². The number of hydrogen-bond donors (Lipinski definition) is 3. The van der Waals surface area contributed by atoms with Crippen molar-refractivity contribution in [2.24, 2.45) is 47.3 Å². The van der Waals surface area contributed by atoms with Gasteiger partial charge >= 0.3 is 0 Å². The van der Waals surface area contributed by atoms with Crippen LogP contribution in [0.5, 0.6) is 0 Å². The average molecular weight is 469 g/mol. The summed E-state index contributed by atoms with van der Waals surface area (Å²) in [6.45, 7) is 14.5. The zero-order valence-corrected chi connectivity index (χ0v) is 22.1. The molecule has 1 aliphatic heterocycles. The van der Waals surface area contributed by atoms with Crippen LogP contribution in [0.25, 0.3) is 0 Å². The van der Waals surface area contributed by atoms with Crippen LogP contribution in [0.4, 0.5) is 0 Å². The minimum absolute atomic E-state index is 0.00181. The zero-order valence-electron chi connectivity index (χ0n) is 22.1. The predicted octanol–water partition coefficient (Wildman–Crippen LogP) is 4.66. The van der Waals surface area contributed by atoms with Crippen molar-refractivity contribution in [2.75, 3.05) is 19.8 Å². The van der Waals surface area contributed by atoms with E-state index >= 15 is 0 Å². The largest absolute Gasteiger partial charge is 0.390 e. The fraction of sp³-hybridized carbons (Fsp3) is 1.00. The number of aliphatic hydroxyl groups excluding tert-OH is 2. The van der Waals surface area contributed by atoms with Gasteiger partial charge in [0.05, 0.1) is 37.1 Å². The third-order valence-corrected chi connectivity index (χ3v) is 9.92. The smallest absolute Gasteiger partial charge is 0.0914 e. The van der Waals surface area contributed by atoms with Gasteiger partial charge < -0.3 is 24.8 Å². The zero-order chi connectivity index (χ0) is 24.3. The van der Waals surface area contributed by atoms with Crippen molar-refractivity contribution < 1.29 is 24.8 Å². The highest BCUT2D eigenvalue weighted by Gasteiger charge is 2.49. The van der Waals surface area contributed by atoms with E-state index in [4.69, 9.17) is 9.47 Å². The minimum Gasteiger partial charge on any atom is -0.390 e. The Kier molecular flexibility index (Phi) is 9.70. The first kappa shape index (κ1) is 27.4. The van der Waals surface area contributed by atoms with Crippen LogP contribution in [0.3, 0.4) is 0 Å². The Bertz CT molecular complexity index is 599. The monoisotopic (exact) mass is 468 g/mol. The highest BCUT2D eigenvalue weighted by atomic mass is 16.5. The summed E-state index contributed by atoms with van der Waals surface area (Å²) in [5.41, 5.74) is -0.937. The second-order valence-corrected chi connectivity index (χ2v) is 12.2. The summed E-state index contributed by atoms with van der Waals surface area (Å²) in [6, 6.07) is 0. The van der Waals surface area contributed by atoms with Gasteiger partial charge in [-0.2, -0.15) is 0 Å². The van der Waals surface area contributed by atoms with E-state index < -0.39 is 17.8 Å². The first-order chi connectivity index (χ1) is 15.6. The Morgan fingerprint density at radius 3 is 2.30 bits per heavy atom. The summed E-state index contributed by atoms with van der Waals surface area (Å²) in [6.07, 6.45) is 5.87. The van der Waals surface area contributed by atoms with Crippen molar-refractivity contribution >= 4 is 0 Å². The maximum absolute atomic E-state index is 11.5. The van der Waals surface area contributed by atoms with E-state index in [-0.39, 0.29) is 17.8 Å². The molecule has 2 aliphatic carbocycles. The summed E-state index contributed by atoms with van der Waals surface area (Å²) < 4.78 is 11.8. The Hall–Kier alpha value is -0.200. The molecule has 0 aromatic heterocycles. The molecule has 0 aromatic carbocycles. The Morgan fingerprint density at radius 2 is 1.61 bits per heavy atom. The molecule has 194 valence electrons. The Labute approximate surface area is 202 Å². The van der Waals surface area contributed by atoms with Crippen LogP contribution in [-0.4, -0.2) is 59.1 Å². The fourth-order valence-electron chi connectivity index (χ4n) is 7.71. The van der Waals surface area contributed by atoms with E-state index in [1.54, 1.807) is 0 Å². The molecule has 2 saturated carbocycles. The van der Waals surface area contributed by atoms with Crippen LogP contribution < -0.4 is 0 Å². The van der Waals surface area contributed by atoms with Gasteiger partial charge in [0.1, 0.15) is 0 Å². The minimum atomic E-state index is -0.937. The highest BCUT2D eigenvalue weighted by Crippen LogP contribution is 2.48. The molecule has 5 nitrogen and oxygen atoms in total. The third-order valence-electron chi connectivity index (χ3n) is 9.92. The normalized spacial score (nSPS) is 43.7. The summed E-state index contributed by atoms with van der Waals surface area (Å²) in [4.78, 5) is 0. The molecule has 3 aliphatic rings. The molecule has 12 atom stereocenters. The maximum atomic E-state index is 11.5. The summed E-state index contributed by atoms with van der Waals surface area (Å²) in [5, 5.41) is 34.3. The van der Waals surface area contributed by atoms with Gasteiger partial charge in [-0.25, -0.2) is 0 Å². The van der Waals surface area contributed by atoms with Gasteiger partial charge in [-0.15, -0.1) is 0 Å². The van der Waals surface area contributed by atoms with Gasteiger partial charge in [0.25, 0.3) is 0 Å². The van der Waals surface area contributed by atoms with Crippen molar-refractivity contribution in [2.45, 2.75) is 110 Å². The molecule has 33 heavy (non-hydrogen) atoms. The quantitative estimate of drug-likeness (QED) is 0.483. The number of ether oxygens (including phenoxy) is 2. The number of aliphatic hydroxyl groups is 3. The average Bonchev–Trinajstić information content (AvgIpc) is 2.98. The summed E-state index contributed by atoms with van der Waals surface area (Å²) in [7, 11) is 0. The van der Waals surface area contributed by atoms with Crippen LogP contribution in [0.2, 0.25) is 0 Å². The number of rotatable bonds is 8. The molecule has 7 unspecified atom stereocenters. The molecule has 0 aromatic rings. The molecule has 0 radical (unpaired) electrons. The van der Waals surface area contributed by atoms with Crippen LogP contribution in [0.1, 0.15) is 86.5 Å². The molecule has 3 fully saturated rings. The molecule has 5 heteroatoms. The number of fused-ring (bicyclic) bond motifs is 1.